The molecule has 0 amide bonds. The van der Waals surface area contributed by atoms with Gasteiger partial charge in [-0.15, -0.1) is 0 Å². The van der Waals surface area contributed by atoms with Crippen molar-refractivity contribution < 1.29 is 0 Å². The largest absolute Gasteiger partial charge is 0.0840 e. The highest BCUT2D eigenvalue weighted by Crippen LogP contribution is 2.61. The monoisotopic (exact) mass is 312 g/mol. The lowest BCUT2D eigenvalue weighted by molar-refractivity contribution is 0.187. The maximum Gasteiger partial charge on any atom is 0.0132 e. The first kappa shape index (κ1) is 14.3. The van der Waals surface area contributed by atoms with Gasteiger partial charge in [-0.05, 0) is 53.4 Å². The minimum Gasteiger partial charge on any atom is -0.0840 e. The van der Waals surface area contributed by atoms with E-state index in [0.717, 1.165) is 5.92 Å². The van der Waals surface area contributed by atoms with E-state index in [-0.39, 0.29) is 0 Å². The maximum atomic E-state index is 2.50. The second-order valence-corrected chi connectivity index (χ2v) is 7.86. The summed E-state index contributed by atoms with van der Waals surface area (Å²) in [4.78, 5) is 0. The highest BCUT2D eigenvalue weighted by Gasteiger charge is 2.50. The molecule has 0 saturated carbocycles. The summed E-state index contributed by atoms with van der Waals surface area (Å²) in [5.74, 6) is 3.16. The van der Waals surface area contributed by atoms with Gasteiger partial charge in [-0.3, -0.25) is 0 Å². The SMILES string of the molecule is CC1=CC(C)C2C3c4ccccc4C(c4ccccc43)C2CC=C1. The lowest BCUT2D eigenvalue weighted by atomic mass is 9.51. The summed E-state index contributed by atoms with van der Waals surface area (Å²) >= 11 is 0. The molecule has 2 aromatic carbocycles. The number of hydrogen-bond donors (Lipinski definition) is 0. The Morgan fingerprint density at radius 3 is 1.92 bits per heavy atom. The van der Waals surface area contributed by atoms with E-state index >= 15 is 0 Å². The van der Waals surface area contributed by atoms with Gasteiger partial charge in [0.2, 0.25) is 0 Å². The van der Waals surface area contributed by atoms with Crippen molar-refractivity contribution in [2.75, 3.05) is 0 Å². The van der Waals surface area contributed by atoms with E-state index in [1.54, 1.807) is 22.3 Å². The Morgan fingerprint density at radius 2 is 1.33 bits per heavy atom. The summed E-state index contributed by atoms with van der Waals surface area (Å²) in [7, 11) is 0. The molecule has 3 unspecified atom stereocenters. The molecule has 2 aromatic rings. The van der Waals surface area contributed by atoms with Crippen molar-refractivity contribution in [2.24, 2.45) is 17.8 Å². The zero-order chi connectivity index (χ0) is 16.3. The molecule has 0 saturated heterocycles. The van der Waals surface area contributed by atoms with Crippen molar-refractivity contribution in [1.82, 2.24) is 0 Å². The average Bonchev–Trinajstić information content (AvgIpc) is 2.60. The molecule has 4 aliphatic rings. The molecule has 0 fully saturated rings. The summed E-state index contributed by atoms with van der Waals surface area (Å²) in [5, 5.41) is 0. The van der Waals surface area contributed by atoms with Gasteiger partial charge in [-0.25, -0.2) is 0 Å². The second-order valence-electron chi connectivity index (χ2n) is 7.86. The molecule has 6 rings (SSSR count). The van der Waals surface area contributed by atoms with Crippen LogP contribution in [0.15, 0.2) is 72.3 Å². The number of allylic oxidation sites excluding steroid dienone is 4. The van der Waals surface area contributed by atoms with Crippen molar-refractivity contribution in [3.63, 3.8) is 0 Å². The molecule has 0 N–H and O–H groups in total. The van der Waals surface area contributed by atoms with Crippen LogP contribution in [-0.4, -0.2) is 0 Å². The van der Waals surface area contributed by atoms with E-state index in [0.29, 0.717) is 23.7 Å². The van der Waals surface area contributed by atoms with Crippen LogP contribution in [0.1, 0.15) is 54.4 Å². The van der Waals surface area contributed by atoms with Gasteiger partial charge >= 0.3 is 0 Å². The van der Waals surface area contributed by atoms with Gasteiger partial charge in [-0.2, -0.15) is 0 Å². The molecule has 0 radical (unpaired) electrons. The maximum absolute atomic E-state index is 2.50. The molecular weight excluding hydrogens is 288 g/mol. The Hall–Kier alpha value is -2.08. The van der Waals surface area contributed by atoms with Crippen molar-refractivity contribution in [3.05, 3.63) is 94.6 Å². The van der Waals surface area contributed by atoms with Crippen LogP contribution in [0, 0.1) is 17.8 Å². The van der Waals surface area contributed by atoms with Crippen molar-refractivity contribution in [1.29, 1.82) is 0 Å². The number of hydrogen-bond acceptors (Lipinski definition) is 0. The molecule has 3 atom stereocenters. The molecule has 120 valence electrons. The fourth-order valence-electron chi connectivity index (χ4n) is 5.81. The third-order valence-electron chi connectivity index (χ3n) is 6.56. The topological polar surface area (TPSA) is 0 Å². The standard InChI is InChI=1S/C24H24/c1-15-8-7-13-21-22(16(2)14-15)24-19-11-5-3-9-17(19)23(21)18-10-4-6-12-20(18)24/h3-12,14,16,21-24H,13H2,1-2H3. The molecule has 0 nitrogen and oxygen atoms in total. The van der Waals surface area contributed by atoms with Gasteiger partial charge in [0.1, 0.15) is 0 Å². The summed E-state index contributed by atoms with van der Waals surface area (Å²) in [6, 6.07) is 18.4. The molecule has 2 bridgehead atoms. The zero-order valence-corrected chi connectivity index (χ0v) is 14.4. The normalized spacial score (nSPS) is 32.9. The van der Waals surface area contributed by atoms with E-state index < -0.39 is 0 Å². The average molecular weight is 312 g/mol. The lowest BCUT2D eigenvalue weighted by Crippen LogP contribution is -2.42. The number of benzene rings is 2. The summed E-state index contributed by atoms with van der Waals surface area (Å²) < 4.78 is 0. The predicted molar refractivity (Wildman–Crippen MR) is 100 cm³/mol. The quantitative estimate of drug-likeness (QED) is 0.555. The van der Waals surface area contributed by atoms with E-state index in [2.05, 4.69) is 80.6 Å². The van der Waals surface area contributed by atoms with Crippen LogP contribution in [0.4, 0.5) is 0 Å². The van der Waals surface area contributed by atoms with Crippen LogP contribution in [0.2, 0.25) is 0 Å². The van der Waals surface area contributed by atoms with Crippen LogP contribution < -0.4 is 0 Å². The smallest absolute Gasteiger partial charge is 0.0132 e. The Kier molecular flexibility index (Phi) is 3.10. The summed E-state index contributed by atoms with van der Waals surface area (Å²) in [6.07, 6.45) is 8.44. The first-order chi connectivity index (χ1) is 11.8. The van der Waals surface area contributed by atoms with Gasteiger partial charge in [0.05, 0.1) is 0 Å². The number of rotatable bonds is 0. The highest BCUT2D eigenvalue weighted by molar-refractivity contribution is 5.57. The highest BCUT2D eigenvalue weighted by atomic mass is 14.5. The Balaban J connectivity index is 1.78. The van der Waals surface area contributed by atoms with E-state index in [4.69, 9.17) is 0 Å². The fourth-order valence-corrected chi connectivity index (χ4v) is 5.81. The van der Waals surface area contributed by atoms with Crippen molar-refractivity contribution in [2.45, 2.75) is 32.1 Å². The van der Waals surface area contributed by atoms with Gasteiger partial charge in [0, 0.05) is 11.8 Å². The van der Waals surface area contributed by atoms with Crippen LogP contribution in [0.3, 0.4) is 0 Å². The van der Waals surface area contributed by atoms with Crippen LogP contribution in [0.5, 0.6) is 0 Å². The van der Waals surface area contributed by atoms with Crippen molar-refractivity contribution >= 4 is 0 Å². The van der Waals surface area contributed by atoms with E-state index in [1.165, 1.54) is 12.0 Å². The molecule has 0 aromatic heterocycles. The molecule has 0 aliphatic heterocycles. The second kappa shape index (κ2) is 5.21. The predicted octanol–water partition coefficient (Wildman–Crippen LogP) is 6.05. The summed E-state index contributed by atoms with van der Waals surface area (Å²) in [5.41, 5.74) is 7.77. The first-order valence-corrected chi connectivity index (χ1v) is 9.28. The molecular formula is C24H24. The third-order valence-corrected chi connectivity index (χ3v) is 6.56. The Bertz CT molecular complexity index is 806. The first-order valence-electron chi connectivity index (χ1n) is 9.28. The minimum atomic E-state index is 0.554. The van der Waals surface area contributed by atoms with E-state index in [1.807, 2.05) is 0 Å². The van der Waals surface area contributed by atoms with E-state index in [9.17, 15) is 0 Å². The summed E-state index contributed by atoms with van der Waals surface area (Å²) in [6.45, 7) is 4.68. The zero-order valence-electron chi connectivity index (χ0n) is 14.4. The Morgan fingerprint density at radius 1 is 0.792 bits per heavy atom. The van der Waals surface area contributed by atoms with Crippen LogP contribution in [-0.2, 0) is 0 Å². The molecule has 24 heavy (non-hydrogen) atoms. The van der Waals surface area contributed by atoms with Crippen molar-refractivity contribution in [3.8, 4) is 0 Å². The molecule has 0 spiro atoms. The molecule has 4 aliphatic carbocycles. The molecule has 0 heteroatoms. The van der Waals surface area contributed by atoms with Crippen LogP contribution >= 0.6 is 0 Å². The van der Waals surface area contributed by atoms with Crippen LogP contribution in [0.25, 0.3) is 0 Å². The minimum absolute atomic E-state index is 0.554. The van der Waals surface area contributed by atoms with Gasteiger partial charge in [-0.1, -0.05) is 79.3 Å². The van der Waals surface area contributed by atoms with Gasteiger partial charge < -0.3 is 0 Å². The lowest BCUT2D eigenvalue weighted by Gasteiger charge is -2.53. The van der Waals surface area contributed by atoms with Gasteiger partial charge in [0.25, 0.3) is 0 Å². The van der Waals surface area contributed by atoms with Gasteiger partial charge in [0.15, 0.2) is 0 Å². The fraction of sp³-hybridized carbons (Fsp3) is 0.333. The molecule has 0 heterocycles. The Labute approximate surface area is 144 Å². The third kappa shape index (κ3) is 1.86.